The minimum atomic E-state index is -1.28. The minimum Gasteiger partial charge on any atom is -0.291 e. The maximum Gasteiger partial charge on any atom is 0.197 e. The zero-order valence-electron chi connectivity index (χ0n) is 7.51. The third-order valence-electron chi connectivity index (χ3n) is 2.48. The van der Waals surface area contributed by atoms with Crippen LogP contribution in [0.1, 0.15) is 27.9 Å². The van der Waals surface area contributed by atoms with E-state index in [0.717, 1.165) is 11.1 Å². The van der Waals surface area contributed by atoms with Gasteiger partial charge in [-0.2, -0.15) is 0 Å². The lowest BCUT2D eigenvalue weighted by atomic mass is 9.88. The van der Waals surface area contributed by atoms with Crippen LogP contribution in [0.4, 0.5) is 4.39 Å². The van der Waals surface area contributed by atoms with Crippen LogP contribution in [0.3, 0.4) is 0 Å². The van der Waals surface area contributed by atoms with Gasteiger partial charge in [0.15, 0.2) is 12.0 Å². The molecule has 68 valence electrons. The number of aryl methyl sites for hydroxylation is 2. The van der Waals surface area contributed by atoms with E-state index in [2.05, 4.69) is 0 Å². The molecular weight excluding hydrogens is 167 g/mol. The number of fused-ring (bicyclic) bond motifs is 1. The fourth-order valence-corrected chi connectivity index (χ4v) is 1.72. The largest absolute Gasteiger partial charge is 0.291 e. The van der Waals surface area contributed by atoms with Crippen molar-refractivity contribution in [2.75, 3.05) is 0 Å². The number of benzene rings is 1. The summed E-state index contributed by atoms with van der Waals surface area (Å²) in [6.07, 6.45) is -0.258. The molecule has 0 saturated heterocycles. The van der Waals surface area contributed by atoms with Crippen molar-refractivity contribution in [3.05, 3.63) is 34.9 Å². The molecule has 13 heavy (non-hydrogen) atoms. The standard InChI is InChI=1S/C11H11FO/c1-7-2-3-8-4-5-10(12)11(13)9(8)6-7/h2-3,6,10H,4-5H2,1H3/t10-/m1/s1. The van der Waals surface area contributed by atoms with Crippen molar-refractivity contribution in [2.24, 2.45) is 0 Å². The van der Waals surface area contributed by atoms with Crippen LogP contribution in [0.25, 0.3) is 0 Å². The molecule has 0 heterocycles. The monoisotopic (exact) mass is 178 g/mol. The Kier molecular flexibility index (Phi) is 1.91. The van der Waals surface area contributed by atoms with E-state index in [0.29, 0.717) is 18.4 Å². The molecule has 1 atom stereocenters. The summed E-state index contributed by atoms with van der Waals surface area (Å²) in [6, 6.07) is 5.67. The highest BCUT2D eigenvalue weighted by molar-refractivity contribution is 6.01. The minimum absolute atomic E-state index is 0.342. The summed E-state index contributed by atoms with van der Waals surface area (Å²) < 4.78 is 13.0. The highest BCUT2D eigenvalue weighted by atomic mass is 19.1. The molecule has 0 saturated carbocycles. The summed E-state index contributed by atoms with van der Waals surface area (Å²) >= 11 is 0. The van der Waals surface area contributed by atoms with E-state index in [1.165, 1.54) is 0 Å². The fraction of sp³-hybridized carbons (Fsp3) is 0.364. The summed E-state index contributed by atoms with van der Waals surface area (Å²) in [5.41, 5.74) is 2.59. The lowest BCUT2D eigenvalue weighted by molar-refractivity contribution is 0.0856. The Morgan fingerprint density at radius 3 is 3.00 bits per heavy atom. The number of carbonyl (C=O) groups is 1. The maximum atomic E-state index is 13.0. The van der Waals surface area contributed by atoms with Gasteiger partial charge < -0.3 is 0 Å². The Morgan fingerprint density at radius 1 is 1.46 bits per heavy atom. The summed E-state index contributed by atoms with van der Waals surface area (Å²) in [5, 5.41) is 0. The van der Waals surface area contributed by atoms with Crippen molar-refractivity contribution in [2.45, 2.75) is 25.9 Å². The molecule has 2 rings (SSSR count). The van der Waals surface area contributed by atoms with Gasteiger partial charge in [0.1, 0.15) is 0 Å². The van der Waals surface area contributed by atoms with Crippen LogP contribution in [0, 0.1) is 6.92 Å². The van der Waals surface area contributed by atoms with Gasteiger partial charge in [0.05, 0.1) is 0 Å². The molecule has 0 amide bonds. The van der Waals surface area contributed by atoms with Crippen LogP contribution in [0.5, 0.6) is 0 Å². The third kappa shape index (κ3) is 1.37. The molecular formula is C11H11FO. The predicted molar refractivity (Wildman–Crippen MR) is 48.7 cm³/mol. The lowest BCUT2D eigenvalue weighted by Crippen LogP contribution is -2.23. The first-order chi connectivity index (χ1) is 6.18. The summed E-state index contributed by atoms with van der Waals surface area (Å²) in [6.45, 7) is 1.91. The second-order valence-corrected chi connectivity index (χ2v) is 3.53. The van der Waals surface area contributed by atoms with Crippen molar-refractivity contribution in [3.63, 3.8) is 0 Å². The number of ketones is 1. The van der Waals surface area contributed by atoms with Crippen molar-refractivity contribution in [1.82, 2.24) is 0 Å². The van der Waals surface area contributed by atoms with Gasteiger partial charge in [-0.15, -0.1) is 0 Å². The number of carbonyl (C=O) groups excluding carboxylic acids is 1. The zero-order valence-corrected chi connectivity index (χ0v) is 7.51. The van der Waals surface area contributed by atoms with E-state index in [1.54, 1.807) is 6.07 Å². The normalized spacial score (nSPS) is 21.4. The van der Waals surface area contributed by atoms with Crippen LogP contribution in [0.15, 0.2) is 18.2 Å². The van der Waals surface area contributed by atoms with Gasteiger partial charge >= 0.3 is 0 Å². The second kappa shape index (κ2) is 2.95. The van der Waals surface area contributed by atoms with E-state index in [1.807, 2.05) is 19.1 Å². The SMILES string of the molecule is Cc1ccc2c(c1)C(=O)[C@H](F)CC2. The topological polar surface area (TPSA) is 17.1 Å². The van der Waals surface area contributed by atoms with Crippen molar-refractivity contribution < 1.29 is 9.18 Å². The van der Waals surface area contributed by atoms with Gasteiger partial charge in [-0.3, -0.25) is 4.79 Å². The molecule has 0 bridgehead atoms. The number of rotatable bonds is 0. The molecule has 2 heteroatoms. The molecule has 0 aromatic heterocycles. The molecule has 0 N–H and O–H groups in total. The lowest BCUT2D eigenvalue weighted by Gasteiger charge is -2.17. The average molecular weight is 178 g/mol. The predicted octanol–water partition coefficient (Wildman–Crippen LogP) is 2.46. The first kappa shape index (κ1) is 8.42. The average Bonchev–Trinajstić information content (AvgIpc) is 2.12. The highest BCUT2D eigenvalue weighted by Gasteiger charge is 2.26. The molecule has 1 aliphatic carbocycles. The van der Waals surface area contributed by atoms with Crippen molar-refractivity contribution in [3.8, 4) is 0 Å². The zero-order chi connectivity index (χ0) is 9.42. The summed E-state index contributed by atoms with van der Waals surface area (Å²) in [7, 11) is 0. The molecule has 1 aliphatic rings. The summed E-state index contributed by atoms with van der Waals surface area (Å²) in [4.78, 5) is 11.4. The van der Waals surface area contributed by atoms with E-state index < -0.39 is 6.17 Å². The molecule has 1 nitrogen and oxygen atoms in total. The Labute approximate surface area is 76.6 Å². The Morgan fingerprint density at radius 2 is 2.23 bits per heavy atom. The Balaban J connectivity index is 2.51. The number of Topliss-reactive ketones (excluding diaryl/α,β-unsaturated/α-hetero) is 1. The quantitative estimate of drug-likeness (QED) is 0.596. The van der Waals surface area contributed by atoms with Crippen LogP contribution >= 0.6 is 0 Å². The molecule has 1 aromatic carbocycles. The Hall–Kier alpha value is -1.18. The first-order valence-corrected chi connectivity index (χ1v) is 4.46. The highest BCUT2D eigenvalue weighted by Crippen LogP contribution is 2.23. The molecule has 0 radical (unpaired) electrons. The van der Waals surface area contributed by atoms with Gasteiger partial charge in [-0.1, -0.05) is 17.7 Å². The summed E-state index contributed by atoms with van der Waals surface area (Å²) in [5.74, 6) is -0.343. The molecule has 0 fully saturated rings. The van der Waals surface area contributed by atoms with Crippen molar-refractivity contribution >= 4 is 5.78 Å². The van der Waals surface area contributed by atoms with Gasteiger partial charge in [-0.05, 0) is 31.4 Å². The fourth-order valence-electron chi connectivity index (χ4n) is 1.72. The van der Waals surface area contributed by atoms with Gasteiger partial charge in [0.25, 0.3) is 0 Å². The van der Waals surface area contributed by atoms with Gasteiger partial charge in [0.2, 0.25) is 0 Å². The van der Waals surface area contributed by atoms with E-state index in [4.69, 9.17) is 0 Å². The van der Waals surface area contributed by atoms with E-state index >= 15 is 0 Å². The molecule has 1 aromatic rings. The smallest absolute Gasteiger partial charge is 0.197 e. The second-order valence-electron chi connectivity index (χ2n) is 3.53. The van der Waals surface area contributed by atoms with Gasteiger partial charge in [-0.25, -0.2) is 4.39 Å². The number of hydrogen-bond acceptors (Lipinski definition) is 1. The molecule has 0 aliphatic heterocycles. The van der Waals surface area contributed by atoms with E-state index in [9.17, 15) is 9.18 Å². The van der Waals surface area contributed by atoms with Gasteiger partial charge in [0, 0.05) is 5.56 Å². The molecule has 0 spiro atoms. The molecule has 0 unspecified atom stereocenters. The van der Waals surface area contributed by atoms with Crippen LogP contribution < -0.4 is 0 Å². The first-order valence-electron chi connectivity index (χ1n) is 4.46. The number of hydrogen-bond donors (Lipinski definition) is 0. The van der Waals surface area contributed by atoms with Crippen LogP contribution in [-0.2, 0) is 6.42 Å². The maximum absolute atomic E-state index is 13.0. The Bertz CT molecular complexity index is 357. The van der Waals surface area contributed by atoms with Crippen LogP contribution in [0.2, 0.25) is 0 Å². The number of halogens is 1. The van der Waals surface area contributed by atoms with E-state index in [-0.39, 0.29) is 5.78 Å². The third-order valence-corrected chi connectivity index (χ3v) is 2.48. The number of alkyl halides is 1. The van der Waals surface area contributed by atoms with Crippen LogP contribution in [-0.4, -0.2) is 12.0 Å². The van der Waals surface area contributed by atoms with Crippen molar-refractivity contribution in [1.29, 1.82) is 0 Å².